The van der Waals surface area contributed by atoms with Crippen LogP contribution in [-0.4, -0.2) is 38.8 Å². The van der Waals surface area contributed by atoms with Crippen molar-refractivity contribution in [2.24, 2.45) is 10.7 Å². The summed E-state index contributed by atoms with van der Waals surface area (Å²) in [7, 11) is 1.65. The number of likely N-dealkylation sites (N-methyl/N-ethyl adjacent to an activating group) is 1. The molecule has 7 nitrogen and oxygen atoms in total. The number of nitrogens with two attached hydrogens (primary N) is 1. The van der Waals surface area contributed by atoms with E-state index in [1.165, 1.54) is 4.90 Å². The van der Waals surface area contributed by atoms with Gasteiger partial charge in [-0.2, -0.15) is 0 Å². The fourth-order valence-corrected chi connectivity index (χ4v) is 4.57. The molecule has 0 saturated heterocycles. The molecule has 0 saturated carbocycles. The van der Waals surface area contributed by atoms with Gasteiger partial charge in [0.05, 0.1) is 5.02 Å². The van der Waals surface area contributed by atoms with Crippen LogP contribution in [0.1, 0.15) is 25.8 Å². The number of hydrogen-bond acceptors (Lipinski definition) is 5. The van der Waals surface area contributed by atoms with Gasteiger partial charge in [0, 0.05) is 43.2 Å². The Kier molecular flexibility index (Phi) is 3.56. The Hall–Kier alpha value is -3.06. The lowest BCUT2D eigenvalue weighted by Crippen LogP contribution is -2.49. The number of amides is 1. The summed E-state index contributed by atoms with van der Waals surface area (Å²) in [5.74, 6) is 0.691. The average molecular weight is 410 g/mol. The summed E-state index contributed by atoms with van der Waals surface area (Å²) >= 11 is 6.32. The van der Waals surface area contributed by atoms with Gasteiger partial charge >= 0.3 is 0 Å². The minimum atomic E-state index is -1.10. The molecule has 1 amide bonds. The molecule has 1 aromatic carbocycles. The maximum Gasteiger partial charge on any atom is 0.261 e. The van der Waals surface area contributed by atoms with E-state index in [0.717, 1.165) is 16.8 Å². The van der Waals surface area contributed by atoms with E-state index in [1.807, 2.05) is 48.7 Å². The van der Waals surface area contributed by atoms with Crippen molar-refractivity contribution in [2.75, 3.05) is 7.05 Å². The molecular formula is C21H20ClN5O2. The standard InChI is InChI=1S/C21H20ClN5O2/c1-20(2)11-21(18(28)26(3)19(23)25-21)15-8-12(4-5-16(15)29-20)14-9-13(22)10-27-7-6-24-17(14)27/h4-10H,11H2,1-3H3,(H2,23,25). The van der Waals surface area contributed by atoms with Crippen molar-refractivity contribution in [3.05, 3.63) is 53.4 Å². The lowest BCUT2D eigenvalue weighted by Gasteiger charge is -2.41. The van der Waals surface area contributed by atoms with Crippen LogP contribution in [0, 0.1) is 0 Å². The van der Waals surface area contributed by atoms with Crippen molar-refractivity contribution in [3.8, 4) is 16.9 Å². The summed E-state index contributed by atoms with van der Waals surface area (Å²) < 4.78 is 8.06. The van der Waals surface area contributed by atoms with Crippen LogP contribution in [-0.2, 0) is 10.3 Å². The third-order valence-electron chi connectivity index (χ3n) is 5.57. The van der Waals surface area contributed by atoms with Crippen LogP contribution in [0.2, 0.25) is 5.02 Å². The number of benzene rings is 1. The third kappa shape index (κ3) is 2.54. The van der Waals surface area contributed by atoms with Crippen molar-refractivity contribution < 1.29 is 9.53 Å². The Morgan fingerprint density at radius 3 is 2.79 bits per heavy atom. The molecule has 0 fully saturated rings. The van der Waals surface area contributed by atoms with Gasteiger partial charge in [-0.25, -0.2) is 9.98 Å². The van der Waals surface area contributed by atoms with Crippen molar-refractivity contribution in [3.63, 3.8) is 0 Å². The number of nitrogens with zero attached hydrogens (tertiary/aromatic N) is 4. The van der Waals surface area contributed by atoms with Gasteiger partial charge in [-0.05, 0) is 37.6 Å². The van der Waals surface area contributed by atoms with Crippen molar-refractivity contribution >= 4 is 29.1 Å². The number of halogens is 1. The van der Waals surface area contributed by atoms with Gasteiger partial charge in [-0.1, -0.05) is 17.7 Å². The molecule has 148 valence electrons. The smallest absolute Gasteiger partial charge is 0.261 e. The van der Waals surface area contributed by atoms with Gasteiger partial charge in [0.15, 0.2) is 11.5 Å². The summed E-state index contributed by atoms with van der Waals surface area (Å²) in [6.07, 6.45) is 5.77. The van der Waals surface area contributed by atoms with Gasteiger partial charge in [0.2, 0.25) is 0 Å². The maximum absolute atomic E-state index is 13.3. The van der Waals surface area contributed by atoms with Crippen LogP contribution in [0.3, 0.4) is 0 Å². The lowest BCUT2D eigenvalue weighted by atomic mass is 9.77. The summed E-state index contributed by atoms with van der Waals surface area (Å²) in [5, 5.41) is 0.592. The van der Waals surface area contributed by atoms with Gasteiger partial charge in [-0.15, -0.1) is 0 Å². The largest absolute Gasteiger partial charge is 0.487 e. The predicted molar refractivity (Wildman–Crippen MR) is 111 cm³/mol. The maximum atomic E-state index is 13.3. The number of guanidine groups is 1. The molecule has 0 bridgehead atoms. The number of carbonyl (C=O) groups excluding carboxylic acids is 1. The minimum Gasteiger partial charge on any atom is -0.487 e. The number of ether oxygens (including phenoxy) is 1. The van der Waals surface area contributed by atoms with Crippen LogP contribution >= 0.6 is 11.6 Å². The van der Waals surface area contributed by atoms with E-state index in [0.29, 0.717) is 22.8 Å². The Morgan fingerprint density at radius 2 is 2.07 bits per heavy atom. The van der Waals surface area contributed by atoms with Gasteiger partial charge in [-0.3, -0.25) is 9.69 Å². The van der Waals surface area contributed by atoms with Gasteiger partial charge in [0.1, 0.15) is 17.0 Å². The second kappa shape index (κ2) is 5.73. The number of fused-ring (bicyclic) bond motifs is 3. The molecule has 2 aliphatic heterocycles. The highest BCUT2D eigenvalue weighted by atomic mass is 35.5. The number of aliphatic imine (C=N–C) groups is 1. The van der Waals surface area contributed by atoms with E-state index in [9.17, 15) is 4.79 Å². The van der Waals surface area contributed by atoms with E-state index in [2.05, 4.69) is 9.98 Å². The molecular weight excluding hydrogens is 390 g/mol. The summed E-state index contributed by atoms with van der Waals surface area (Å²) in [6.45, 7) is 3.90. The minimum absolute atomic E-state index is 0.151. The van der Waals surface area contributed by atoms with E-state index in [4.69, 9.17) is 22.1 Å². The molecule has 4 heterocycles. The highest BCUT2D eigenvalue weighted by Crippen LogP contribution is 2.50. The number of imidazole rings is 1. The monoisotopic (exact) mass is 409 g/mol. The van der Waals surface area contributed by atoms with Crippen LogP contribution < -0.4 is 10.5 Å². The molecule has 5 rings (SSSR count). The fraction of sp³-hybridized carbons (Fsp3) is 0.286. The SMILES string of the molecule is CN1C(=O)C2(CC(C)(C)Oc3ccc(-c4cc(Cl)cn5ccnc45)cc32)N=C1N. The highest BCUT2D eigenvalue weighted by Gasteiger charge is 2.55. The summed E-state index contributed by atoms with van der Waals surface area (Å²) in [6, 6.07) is 7.64. The molecule has 1 unspecified atom stereocenters. The first kappa shape index (κ1) is 18.0. The zero-order chi connectivity index (χ0) is 20.6. The average Bonchev–Trinajstić information content (AvgIpc) is 3.20. The summed E-state index contributed by atoms with van der Waals surface area (Å²) in [4.78, 5) is 23.7. The molecule has 2 N–H and O–H groups in total. The number of aromatic nitrogens is 2. The van der Waals surface area contributed by atoms with Crippen LogP contribution in [0.15, 0.2) is 47.8 Å². The van der Waals surface area contributed by atoms with E-state index < -0.39 is 11.1 Å². The molecule has 8 heteroatoms. The molecule has 0 radical (unpaired) electrons. The molecule has 2 aliphatic rings. The van der Waals surface area contributed by atoms with Crippen LogP contribution in [0.4, 0.5) is 0 Å². The third-order valence-corrected chi connectivity index (χ3v) is 5.77. The quantitative estimate of drug-likeness (QED) is 0.668. The van der Waals surface area contributed by atoms with Crippen molar-refractivity contribution in [1.82, 2.24) is 14.3 Å². The number of pyridine rings is 1. The Labute approximate surface area is 172 Å². The topological polar surface area (TPSA) is 85.2 Å². The van der Waals surface area contributed by atoms with Gasteiger partial charge < -0.3 is 14.9 Å². The lowest BCUT2D eigenvalue weighted by molar-refractivity contribution is -0.133. The Morgan fingerprint density at radius 1 is 1.28 bits per heavy atom. The predicted octanol–water partition coefficient (Wildman–Crippen LogP) is 3.20. The molecule has 3 aromatic rings. The molecule has 1 spiro atoms. The van der Waals surface area contributed by atoms with Crippen LogP contribution in [0.25, 0.3) is 16.8 Å². The highest BCUT2D eigenvalue weighted by molar-refractivity contribution is 6.31. The first-order chi connectivity index (χ1) is 13.7. The second-order valence-corrected chi connectivity index (χ2v) is 8.61. The number of rotatable bonds is 1. The molecule has 2 aromatic heterocycles. The molecule has 0 aliphatic carbocycles. The Bertz CT molecular complexity index is 1220. The normalized spacial score (nSPS) is 22.7. The van der Waals surface area contributed by atoms with Crippen molar-refractivity contribution in [2.45, 2.75) is 31.4 Å². The van der Waals surface area contributed by atoms with Crippen molar-refractivity contribution in [1.29, 1.82) is 0 Å². The first-order valence-corrected chi connectivity index (χ1v) is 9.68. The molecule has 29 heavy (non-hydrogen) atoms. The summed E-state index contributed by atoms with van der Waals surface area (Å²) in [5.41, 5.74) is 7.59. The van der Waals surface area contributed by atoms with E-state index >= 15 is 0 Å². The van der Waals surface area contributed by atoms with Crippen LogP contribution in [0.5, 0.6) is 5.75 Å². The van der Waals surface area contributed by atoms with E-state index in [1.54, 1.807) is 19.4 Å². The second-order valence-electron chi connectivity index (χ2n) is 8.17. The zero-order valence-electron chi connectivity index (χ0n) is 16.3. The number of hydrogen-bond donors (Lipinski definition) is 1. The Balaban J connectivity index is 1.76. The number of carbonyl (C=O) groups is 1. The zero-order valence-corrected chi connectivity index (χ0v) is 17.1. The van der Waals surface area contributed by atoms with Gasteiger partial charge in [0.25, 0.3) is 5.91 Å². The fourth-order valence-electron chi connectivity index (χ4n) is 4.36. The first-order valence-electron chi connectivity index (χ1n) is 9.30. The van der Waals surface area contributed by atoms with E-state index in [-0.39, 0.29) is 11.9 Å². The molecule has 1 atom stereocenters.